The number of para-hydroxylation sites is 1. The van der Waals surface area contributed by atoms with E-state index in [1.807, 2.05) is 24.3 Å². The molecule has 13 nitrogen and oxygen atoms in total. The molecule has 0 radical (unpaired) electrons. The number of aliphatic hydroxyl groups excluding tert-OH is 2. The lowest BCUT2D eigenvalue weighted by molar-refractivity contribution is -0.142. The van der Waals surface area contributed by atoms with Crippen LogP contribution in [0.1, 0.15) is 24.8 Å². The zero-order valence-corrected chi connectivity index (χ0v) is 19.8. The standard InChI is InChI=1S/C23H34N6O7/c24-8-4-3-7-17(27-22(34)19(12-31)29-20(32)15(25)11-30)21(33)28-18(23(35)36)9-13-10-26-16-6-2-1-5-14(13)16/h1-2,5-6,10,15,17-19,26,30-31H,3-4,7-9,11-12,24-25H2,(H,27,34)(H,28,33)(H,29,32)(H,35,36). The third kappa shape index (κ3) is 8.02. The summed E-state index contributed by atoms with van der Waals surface area (Å²) < 4.78 is 0. The highest BCUT2D eigenvalue weighted by Gasteiger charge is 2.30. The zero-order valence-electron chi connectivity index (χ0n) is 19.8. The molecule has 0 saturated carbocycles. The van der Waals surface area contributed by atoms with Crippen molar-refractivity contribution in [1.82, 2.24) is 20.9 Å². The Labute approximate surface area is 207 Å². The fourth-order valence-corrected chi connectivity index (χ4v) is 3.58. The van der Waals surface area contributed by atoms with Crippen LogP contribution < -0.4 is 27.4 Å². The van der Waals surface area contributed by atoms with Gasteiger partial charge in [-0.1, -0.05) is 18.2 Å². The average Bonchev–Trinajstić information content (AvgIpc) is 3.28. The van der Waals surface area contributed by atoms with E-state index in [1.165, 1.54) is 0 Å². The minimum Gasteiger partial charge on any atom is -0.480 e. The van der Waals surface area contributed by atoms with Gasteiger partial charge in [-0.25, -0.2) is 4.79 Å². The first-order valence-electron chi connectivity index (χ1n) is 11.6. The van der Waals surface area contributed by atoms with Crippen LogP contribution in [0.2, 0.25) is 0 Å². The number of carboxylic acid groups (broad SMARTS) is 1. The Hall–Kier alpha value is -3.52. The summed E-state index contributed by atoms with van der Waals surface area (Å²) in [5.74, 6) is -3.71. The van der Waals surface area contributed by atoms with E-state index >= 15 is 0 Å². The highest BCUT2D eigenvalue weighted by molar-refractivity contribution is 5.94. The summed E-state index contributed by atoms with van der Waals surface area (Å²) in [4.78, 5) is 52.6. The monoisotopic (exact) mass is 506 g/mol. The minimum absolute atomic E-state index is 0.00290. The van der Waals surface area contributed by atoms with E-state index in [2.05, 4.69) is 20.9 Å². The maximum atomic E-state index is 13.0. The number of aliphatic carboxylic acids is 1. The number of unbranched alkanes of at least 4 members (excludes halogenated alkanes) is 1. The third-order valence-corrected chi connectivity index (χ3v) is 5.64. The molecule has 1 aromatic carbocycles. The topological polar surface area (TPSA) is 233 Å². The van der Waals surface area contributed by atoms with Crippen LogP contribution in [0.4, 0.5) is 0 Å². The lowest BCUT2D eigenvalue weighted by Gasteiger charge is -2.24. The van der Waals surface area contributed by atoms with E-state index in [-0.39, 0.29) is 12.8 Å². The van der Waals surface area contributed by atoms with Crippen LogP contribution in [-0.2, 0) is 25.6 Å². The molecule has 0 aliphatic carbocycles. The summed E-state index contributed by atoms with van der Waals surface area (Å²) in [6.45, 7) is -1.09. The van der Waals surface area contributed by atoms with Crippen molar-refractivity contribution in [2.24, 2.45) is 11.5 Å². The second-order valence-corrected chi connectivity index (χ2v) is 8.34. The first-order valence-corrected chi connectivity index (χ1v) is 11.6. The molecule has 4 unspecified atom stereocenters. The van der Waals surface area contributed by atoms with Gasteiger partial charge in [0.15, 0.2) is 0 Å². The molecule has 13 heteroatoms. The van der Waals surface area contributed by atoms with Crippen molar-refractivity contribution in [2.75, 3.05) is 19.8 Å². The highest BCUT2D eigenvalue weighted by Crippen LogP contribution is 2.19. The van der Waals surface area contributed by atoms with E-state index < -0.39 is 61.1 Å². The number of rotatable bonds is 15. The summed E-state index contributed by atoms with van der Waals surface area (Å²) in [5, 5.41) is 36.2. The van der Waals surface area contributed by atoms with Gasteiger partial charge in [0, 0.05) is 23.5 Å². The lowest BCUT2D eigenvalue weighted by Crippen LogP contribution is -2.58. The molecule has 0 bridgehead atoms. The quantitative estimate of drug-likeness (QED) is 0.118. The van der Waals surface area contributed by atoms with E-state index in [0.29, 0.717) is 24.9 Å². The predicted octanol–water partition coefficient (Wildman–Crippen LogP) is -2.31. The molecule has 198 valence electrons. The number of carbonyl (C=O) groups is 4. The van der Waals surface area contributed by atoms with Gasteiger partial charge in [-0.05, 0) is 37.4 Å². The van der Waals surface area contributed by atoms with Crippen molar-refractivity contribution >= 4 is 34.6 Å². The number of aromatic amines is 1. The minimum atomic E-state index is -1.43. The zero-order chi connectivity index (χ0) is 26.7. The van der Waals surface area contributed by atoms with Crippen molar-refractivity contribution in [2.45, 2.75) is 49.9 Å². The maximum Gasteiger partial charge on any atom is 0.326 e. The number of fused-ring (bicyclic) bond motifs is 1. The van der Waals surface area contributed by atoms with Gasteiger partial charge in [0.2, 0.25) is 17.7 Å². The third-order valence-electron chi connectivity index (χ3n) is 5.64. The molecule has 0 aliphatic heterocycles. The Morgan fingerprint density at radius 2 is 1.53 bits per heavy atom. The van der Waals surface area contributed by atoms with Gasteiger partial charge in [0.05, 0.1) is 13.2 Å². The van der Waals surface area contributed by atoms with Crippen molar-refractivity contribution in [3.63, 3.8) is 0 Å². The van der Waals surface area contributed by atoms with Gasteiger partial charge in [0.1, 0.15) is 24.2 Å². The molecular weight excluding hydrogens is 472 g/mol. The van der Waals surface area contributed by atoms with Gasteiger partial charge >= 0.3 is 5.97 Å². The number of amides is 3. The molecule has 0 fully saturated rings. The molecule has 3 amide bonds. The van der Waals surface area contributed by atoms with Crippen LogP contribution in [0.3, 0.4) is 0 Å². The smallest absolute Gasteiger partial charge is 0.326 e. The van der Waals surface area contributed by atoms with E-state index in [9.17, 15) is 29.4 Å². The second kappa shape index (κ2) is 14.1. The summed E-state index contributed by atoms with van der Waals surface area (Å²) in [6.07, 6.45) is 2.85. The van der Waals surface area contributed by atoms with Gasteiger partial charge in [-0.3, -0.25) is 14.4 Å². The molecule has 4 atom stereocenters. The van der Waals surface area contributed by atoms with Crippen molar-refractivity contribution < 1.29 is 34.5 Å². The number of benzene rings is 1. The number of hydrogen-bond donors (Lipinski definition) is 9. The number of carboxylic acids is 1. The normalized spacial score (nSPS) is 14.4. The Balaban J connectivity index is 2.13. The van der Waals surface area contributed by atoms with E-state index in [1.54, 1.807) is 6.20 Å². The SMILES string of the molecule is NCCCCC(NC(=O)C(CO)NC(=O)C(N)CO)C(=O)NC(Cc1c[nH]c2ccccc12)C(=O)O. The van der Waals surface area contributed by atoms with Crippen molar-refractivity contribution in [1.29, 1.82) is 0 Å². The van der Waals surface area contributed by atoms with Crippen LogP contribution >= 0.6 is 0 Å². The Bertz CT molecular complexity index is 1040. The molecule has 1 heterocycles. The van der Waals surface area contributed by atoms with Crippen LogP contribution in [0.15, 0.2) is 30.5 Å². The summed E-state index contributed by atoms with van der Waals surface area (Å²) in [7, 11) is 0. The van der Waals surface area contributed by atoms with Crippen molar-refractivity contribution in [3.8, 4) is 0 Å². The van der Waals surface area contributed by atoms with E-state index in [4.69, 9.17) is 16.6 Å². The Kier molecular flexibility index (Phi) is 11.3. The molecule has 0 spiro atoms. The Morgan fingerprint density at radius 1 is 0.889 bits per heavy atom. The molecule has 11 N–H and O–H groups in total. The lowest BCUT2D eigenvalue weighted by atomic mass is 10.0. The first-order chi connectivity index (χ1) is 17.2. The molecular formula is C23H34N6O7. The number of nitrogens with two attached hydrogens (primary N) is 2. The number of nitrogens with one attached hydrogen (secondary N) is 4. The maximum absolute atomic E-state index is 13.0. The largest absolute Gasteiger partial charge is 0.480 e. The number of aromatic nitrogens is 1. The van der Waals surface area contributed by atoms with Crippen molar-refractivity contribution in [3.05, 3.63) is 36.0 Å². The molecule has 0 saturated heterocycles. The van der Waals surface area contributed by atoms with E-state index in [0.717, 1.165) is 10.9 Å². The van der Waals surface area contributed by atoms with Crippen LogP contribution in [-0.4, -0.2) is 87.9 Å². The van der Waals surface area contributed by atoms with Gasteiger partial charge < -0.3 is 47.7 Å². The van der Waals surface area contributed by atoms with Crippen LogP contribution in [0, 0.1) is 0 Å². The fourth-order valence-electron chi connectivity index (χ4n) is 3.58. The number of aliphatic hydroxyl groups is 2. The second-order valence-electron chi connectivity index (χ2n) is 8.34. The summed E-state index contributed by atoms with van der Waals surface area (Å²) >= 11 is 0. The molecule has 0 aliphatic rings. The fraction of sp³-hybridized carbons (Fsp3) is 0.478. The molecule has 36 heavy (non-hydrogen) atoms. The Morgan fingerprint density at radius 3 is 2.17 bits per heavy atom. The number of carbonyl (C=O) groups excluding carboxylic acids is 3. The van der Waals surface area contributed by atoms with Crippen LogP contribution in [0.5, 0.6) is 0 Å². The summed E-state index contributed by atoms with van der Waals surface area (Å²) in [6, 6.07) is 2.20. The average molecular weight is 507 g/mol. The van der Waals surface area contributed by atoms with Gasteiger partial charge in [-0.2, -0.15) is 0 Å². The first kappa shape index (κ1) is 28.7. The predicted molar refractivity (Wildman–Crippen MR) is 130 cm³/mol. The highest BCUT2D eigenvalue weighted by atomic mass is 16.4. The molecule has 1 aromatic heterocycles. The van der Waals surface area contributed by atoms with Gasteiger partial charge in [0.25, 0.3) is 0 Å². The molecule has 2 aromatic rings. The summed E-state index contributed by atoms with van der Waals surface area (Å²) in [5.41, 5.74) is 12.5. The van der Waals surface area contributed by atoms with Gasteiger partial charge in [-0.15, -0.1) is 0 Å². The number of H-pyrrole nitrogens is 1. The molecule has 2 rings (SSSR count). The van der Waals surface area contributed by atoms with Crippen LogP contribution in [0.25, 0.3) is 10.9 Å². The number of hydrogen-bond acceptors (Lipinski definition) is 8.